The van der Waals surface area contributed by atoms with E-state index in [1.165, 1.54) is 55.5 Å². The number of carbonyl (C=O) groups excluding carboxylic acids is 1. The van der Waals surface area contributed by atoms with Crippen molar-refractivity contribution in [3.63, 3.8) is 0 Å². The molecule has 4 rings (SSSR count). The highest BCUT2D eigenvalue weighted by molar-refractivity contribution is 7.91. The fourth-order valence-electron chi connectivity index (χ4n) is 5.24. The number of halogens is 6. The summed E-state index contributed by atoms with van der Waals surface area (Å²) < 4.78 is 106. The lowest BCUT2D eigenvalue weighted by Gasteiger charge is -2.27. The summed E-state index contributed by atoms with van der Waals surface area (Å²) in [5.41, 5.74) is 1.10. The summed E-state index contributed by atoms with van der Waals surface area (Å²) in [6, 6.07) is 15.4. The summed E-state index contributed by atoms with van der Waals surface area (Å²) >= 11 is 0. The molecule has 1 saturated heterocycles. The van der Waals surface area contributed by atoms with E-state index in [0.29, 0.717) is 29.8 Å². The van der Waals surface area contributed by atoms with Gasteiger partial charge in [-0.3, -0.25) is 4.79 Å². The molecular weight excluding hydrogens is 626 g/mol. The molecular formula is C31H32F6N2O5S. The SMILES string of the molecule is CCS(=O)(=O)c1ccc([C@H](CO)NC(=O)c2ccc(N3CC(c4ccc(C(F)(F)F)cc4)C[C@H]3COCC(F)(F)F)cc2)cc1. The molecule has 0 bridgehead atoms. The van der Waals surface area contributed by atoms with E-state index in [2.05, 4.69) is 5.32 Å². The zero-order valence-corrected chi connectivity index (χ0v) is 24.9. The molecule has 45 heavy (non-hydrogen) atoms. The first-order chi connectivity index (χ1) is 21.1. The maximum Gasteiger partial charge on any atom is 0.416 e. The molecule has 0 saturated carbocycles. The average molecular weight is 659 g/mol. The fourth-order valence-corrected chi connectivity index (χ4v) is 6.13. The molecule has 1 aliphatic rings. The van der Waals surface area contributed by atoms with Crippen molar-refractivity contribution in [1.29, 1.82) is 0 Å². The van der Waals surface area contributed by atoms with Crippen LogP contribution in [0.3, 0.4) is 0 Å². The molecule has 7 nitrogen and oxygen atoms in total. The smallest absolute Gasteiger partial charge is 0.394 e. The van der Waals surface area contributed by atoms with Crippen LogP contribution in [0.15, 0.2) is 77.7 Å². The minimum Gasteiger partial charge on any atom is -0.394 e. The first-order valence-electron chi connectivity index (χ1n) is 14.0. The van der Waals surface area contributed by atoms with Crippen molar-refractivity contribution in [2.24, 2.45) is 0 Å². The van der Waals surface area contributed by atoms with E-state index >= 15 is 0 Å². The Hall–Kier alpha value is -3.62. The molecule has 3 aromatic carbocycles. The van der Waals surface area contributed by atoms with Gasteiger partial charge < -0.3 is 20.1 Å². The molecule has 14 heteroatoms. The molecule has 3 atom stereocenters. The van der Waals surface area contributed by atoms with Crippen molar-refractivity contribution >= 4 is 21.4 Å². The Kier molecular flexibility index (Phi) is 10.5. The van der Waals surface area contributed by atoms with Gasteiger partial charge in [-0.1, -0.05) is 31.2 Å². The van der Waals surface area contributed by atoms with Crippen molar-refractivity contribution in [1.82, 2.24) is 5.32 Å². The lowest BCUT2D eigenvalue weighted by Crippen LogP contribution is -2.34. The largest absolute Gasteiger partial charge is 0.416 e. The minimum atomic E-state index is -4.52. The van der Waals surface area contributed by atoms with Crippen molar-refractivity contribution in [2.45, 2.75) is 48.6 Å². The van der Waals surface area contributed by atoms with Crippen LogP contribution in [0.2, 0.25) is 0 Å². The first kappa shape index (κ1) is 34.3. The van der Waals surface area contributed by atoms with E-state index in [-0.39, 0.29) is 28.7 Å². The van der Waals surface area contributed by atoms with Crippen molar-refractivity contribution < 1.29 is 49.4 Å². The second kappa shape index (κ2) is 13.8. The van der Waals surface area contributed by atoms with Gasteiger partial charge in [0.2, 0.25) is 0 Å². The van der Waals surface area contributed by atoms with Gasteiger partial charge in [-0.15, -0.1) is 0 Å². The van der Waals surface area contributed by atoms with Crippen molar-refractivity contribution in [3.8, 4) is 0 Å². The molecule has 1 aliphatic heterocycles. The number of hydrogen-bond donors (Lipinski definition) is 2. The second-order valence-electron chi connectivity index (χ2n) is 10.7. The van der Waals surface area contributed by atoms with Gasteiger partial charge >= 0.3 is 12.4 Å². The number of aliphatic hydroxyl groups excluding tert-OH is 1. The summed E-state index contributed by atoms with van der Waals surface area (Å²) in [6.07, 6.45) is -8.68. The van der Waals surface area contributed by atoms with Crippen LogP contribution < -0.4 is 10.2 Å². The van der Waals surface area contributed by atoms with Crippen LogP contribution in [0.1, 0.15) is 52.4 Å². The van der Waals surface area contributed by atoms with Crippen molar-refractivity contribution in [3.05, 3.63) is 95.1 Å². The number of alkyl halides is 6. The highest BCUT2D eigenvalue weighted by atomic mass is 32.2. The van der Waals surface area contributed by atoms with Crippen LogP contribution in [0.25, 0.3) is 0 Å². The standard InChI is InChI=1S/C31H32F6N2O5S/c1-2-45(42,43)27-13-7-21(8-14-27)28(17-40)38-29(41)22-5-11-25(12-6-22)39-16-23(15-26(39)18-44-19-30(32,33)34)20-3-9-24(10-4-20)31(35,36)37/h3-14,23,26,28,40H,2,15-19H2,1H3,(H,38,41)/t23?,26-,28-/m0/s1. The number of hydrogen-bond acceptors (Lipinski definition) is 6. The summed E-state index contributed by atoms with van der Waals surface area (Å²) in [4.78, 5) is 14.9. The number of sulfone groups is 1. The Bertz CT molecular complexity index is 1540. The van der Waals surface area contributed by atoms with Gasteiger partial charge in [-0.05, 0) is 66.1 Å². The van der Waals surface area contributed by atoms with Gasteiger partial charge in [0.15, 0.2) is 9.84 Å². The van der Waals surface area contributed by atoms with Crippen LogP contribution in [0, 0.1) is 0 Å². The maximum atomic E-state index is 13.0. The van der Waals surface area contributed by atoms with Crippen LogP contribution in [-0.4, -0.2) is 63.8 Å². The third kappa shape index (κ3) is 8.76. The van der Waals surface area contributed by atoms with Crippen LogP contribution in [0.4, 0.5) is 32.0 Å². The zero-order chi connectivity index (χ0) is 33.0. The van der Waals surface area contributed by atoms with Crippen molar-refractivity contribution in [2.75, 3.05) is 37.0 Å². The Morgan fingerprint density at radius 1 is 0.978 bits per heavy atom. The third-order valence-corrected chi connectivity index (χ3v) is 9.42. The zero-order valence-electron chi connectivity index (χ0n) is 24.1. The molecule has 1 heterocycles. The lowest BCUT2D eigenvalue weighted by molar-refractivity contribution is -0.174. The molecule has 2 N–H and O–H groups in total. The Morgan fingerprint density at radius 3 is 2.13 bits per heavy atom. The molecule has 244 valence electrons. The highest BCUT2D eigenvalue weighted by Gasteiger charge is 2.36. The number of rotatable bonds is 11. The topological polar surface area (TPSA) is 95.9 Å². The number of nitrogens with zero attached hydrogens (tertiary/aromatic N) is 1. The molecule has 0 radical (unpaired) electrons. The Balaban J connectivity index is 1.48. The molecule has 1 fully saturated rings. The first-order valence-corrected chi connectivity index (χ1v) is 15.7. The highest BCUT2D eigenvalue weighted by Crippen LogP contribution is 2.37. The number of anilines is 1. The van der Waals surface area contributed by atoms with Gasteiger partial charge in [-0.2, -0.15) is 26.3 Å². The van der Waals surface area contributed by atoms with E-state index in [1.807, 2.05) is 4.90 Å². The van der Waals surface area contributed by atoms with Gasteiger partial charge in [-0.25, -0.2) is 8.42 Å². The third-order valence-electron chi connectivity index (χ3n) is 7.67. The number of carbonyl (C=O) groups is 1. The van der Waals surface area contributed by atoms with E-state index < -0.39 is 59.0 Å². The summed E-state index contributed by atoms with van der Waals surface area (Å²) in [7, 11) is -3.42. The Labute approximate surface area is 256 Å². The van der Waals surface area contributed by atoms with Crippen LogP contribution in [0.5, 0.6) is 0 Å². The lowest BCUT2D eigenvalue weighted by atomic mass is 9.95. The summed E-state index contributed by atoms with van der Waals surface area (Å²) in [6.45, 7) is -0.343. The molecule has 0 aliphatic carbocycles. The molecule has 3 aromatic rings. The van der Waals surface area contributed by atoms with E-state index in [0.717, 1.165) is 12.1 Å². The number of benzene rings is 3. The van der Waals surface area contributed by atoms with E-state index in [1.54, 1.807) is 12.1 Å². The maximum absolute atomic E-state index is 13.0. The van der Waals surface area contributed by atoms with E-state index in [4.69, 9.17) is 4.74 Å². The Morgan fingerprint density at radius 2 is 1.60 bits per heavy atom. The average Bonchev–Trinajstić information content (AvgIpc) is 3.43. The minimum absolute atomic E-state index is 0.0724. The molecule has 0 spiro atoms. The number of aliphatic hydroxyl groups is 1. The summed E-state index contributed by atoms with van der Waals surface area (Å²) in [5.74, 6) is -0.879. The molecule has 0 aromatic heterocycles. The molecule has 1 amide bonds. The monoisotopic (exact) mass is 658 g/mol. The number of nitrogens with one attached hydrogen (secondary N) is 1. The number of amides is 1. The van der Waals surface area contributed by atoms with Crippen LogP contribution >= 0.6 is 0 Å². The summed E-state index contributed by atoms with van der Waals surface area (Å²) in [5, 5.41) is 12.6. The van der Waals surface area contributed by atoms with Gasteiger partial charge in [0.1, 0.15) is 6.61 Å². The van der Waals surface area contributed by atoms with E-state index in [9.17, 15) is 44.7 Å². The fraction of sp³-hybridized carbons (Fsp3) is 0.387. The van der Waals surface area contributed by atoms with Gasteiger partial charge in [0.25, 0.3) is 5.91 Å². The molecule has 1 unspecified atom stereocenters. The quantitative estimate of drug-likeness (QED) is 0.249. The van der Waals surface area contributed by atoms with Gasteiger partial charge in [0, 0.05) is 23.7 Å². The van der Waals surface area contributed by atoms with Gasteiger partial charge in [0.05, 0.1) is 41.5 Å². The number of ether oxygens (including phenoxy) is 1. The predicted octanol–water partition coefficient (Wildman–Crippen LogP) is 5.90. The predicted molar refractivity (Wildman–Crippen MR) is 155 cm³/mol. The normalized spacial score (nSPS) is 18.2. The van der Waals surface area contributed by atoms with Crippen LogP contribution in [-0.2, 0) is 20.8 Å². The second-order valence-corrected chi connectivity index (χ2v) is 13.0.